The number of unbranched alkanes of at least 4 members (excludes halogenated alkanes) is 2. The van der Waals surface area contributed by atoms with Gasteiger partial charge in [0.1, 0.15) is 5.58 Å². The lowest BCUT2D eigenvalue weighted by molar-refractivity contribution is 0.0724. The molecule has 2 aromatic carbocycles. The number of fused-ring (bicyclic) bond motifs is 2. The van der Waals surface area contributed by atoms with E-state index in [9.17, 15) is 14.7 Å². The molecule has 3 aromatic rings. The van der Waals surface area contributed by atoms with Gasteiger partial charge in [0.2, 0.25) is 5.76 Å². The molecule has 1 aromatic heterocycles. The van der Waals surface area contributed by atoms with Gasteiger partial charge in [-0.3, -0.25) is 9.59 Å². The third-order valence-corrected chi connectivity index (χ3v) is 6.07. The van der Waals surface area contributed by atoms with Crippen molar-refractivity contribution in [2.75, 3.05) is 13.7 Å². The number of amides is 1. The van der Waals surface area contributed by atoms with E-state index in [-0.39, 0.29) is 28.6 Å². The fraction of sp³-hybridized carbons (Fsp3) is 0.304. The lowest BCUT2D eigenvalue weighted by atomic mass is 9.98. The molecule has 0 bridgehead atoms. The number of hydrogen-bond acceptors (Lipinski definition) is 5. The van der Waals surface area contributed by atoms with Crippen LogP contribution in [0.1, 0.15) is 53.9 Å². The first-order valence-corrected chi connectivity index (χ1v) is 10.7. The van der Waals surface area contributed by atoms with E-state index in [0.29, 0.717) is 33.1 Å². The molecule has 0 saturated carbocycles. The van der Waals surface area contributed by atoms with Crippen LogP contribution in [0.5, 0.6) is 11.5 Å². The van der Waals surface area contributed by atoms with Gasteiger partial charge >= 0.3 is 0 Å². The van der Waals surface area contributed by atoms with Crippen molar-refractivity contribution < 1.29 is 19.1 Å². The monoisotopic (exact) mass is 471 g/mol. The van der Waals surface area contributed by atoms with Gasteiger partial charge in [0, 0.05) is 6.54 Å². The lowest BCUT2D eigenvalue weighted by Crippen LogP contribution is -2.30. The molecule has 1 unspecified atom stereocenters. The van der Waals surface area contributed by atoms with Crippen molar-refractivity contribution in [2.45, 2.75) is 32.2 Å². The SMILES string of the molecule is CCCCCN1C(=O)c2oc3ccccc3c(=O)c2C1c1cc(Br)c(O)c(OC)c1. The summed E-state index contributed by atoms with van der Waals surface area (Å²) < 4.78 is 11.6. The van der Waals surface area contributed by atoms with Crippen LogP contribution in [0.3, 0.4) is 0 Å². The van der Waals surface area contributed by atoms with E-state index in [4.69, 9.17) is 9.15 Å². The molecule has 7 heteroatoms. The minimum Gasteiger partial charge on any atom is -0.503 e. The van der Waals surface area contributed by atoms with Crippen molar-refractivity contribution in [1.82, 2.24) is 4.90 Å². The normalized spacial score (nSPS) is 15.6. The molecule has 0 saturated heterocycles. The summed E-state index contributed by atoms with van der Waals surface area (Å²) in [5, 5.41) is 10.7. The number of carbonyl (C=O) groups is 1. The highest BCUT2D eigenvalue weighted by molar-refractivity contribution is 9.10. The van der Waals surface area contributed by atoms with Crippen molar-refractivity contribution in [3.05, 3.63) is 68.0 Å². The molecule has 0 radical (unpaired) electrons. The maximum absolute atomic E-state index is 13.4. The number of ether oxygens (including phenoxy) is 1. The lowest BCUT2D eigenvalue weighted by Gasteiger charge is -2.25. The number of halogens is 1. The number of phenolic OH excluding ortho intramolecular Hbond substituents is 1. The van der Waals surface area contributed by atoms with Crippen LogP contribution in [-0.2, 0) is 0 Å². The number of nitrogens with zero attached hydrogens (tertiary/aromatic N) is 1. The summed E-state index contributed by atoms with van der Waals surface area (Å²) in [5.74, 6) is 0.0216. The molecular weight excluding hydrogens is 450 g/mol. The van der Waals surface area contributed by atoms with Gasteiger partial charge in [0.25, 0.3) is 5.91 Å². The van der Waals surface area contributed by atoms with Crippen LogP contribution in [0.4, 0.5) is 0 Å². The maximum Gasteiger partial charge on any atom is 0.290 e. The number of phenols is 1. The molecular formula is C23H22BrNO5. The topological polar surface area (TPSA) is 80.0 Å². The summed E-state index contributed by atoms with van der Waals surface area (Å²) >= 11 is 3.35. The van der Waals surface area contributed by atoms with E-state index in [1.807, 2.05) is 0 Å². The number of carbonyl (C=O) groups excluding carboxylic acids is 1. The van der Waals surface area contributed by atoms with E-state index in [2.05, 4.69) is 22.9 Å². The first-order valence-electron chi connectivity index (χ1n) is 9.91. The number of benzene rings is 2. The quantitative estimate of drug-likeness (QED) is 0.511. The van der Waals surface area contributed by atoms with Crippen LogP contribution in [0.15, 0.2) is 50.1 Å². The van der Waals surface area contributed by atoms with Crippen molar-refractivity contribution in [3.8, 4) is 11.5 Å². The molecule has 30 heavy (non-hydrogen) atoms. The van der Waals surface area contributed by atoms with Crippen molar-refractivity contribution in [2.24, 2.45) is 0 Å². The highest BCUT2D eigenvalue weighted by Crippen LogP contribution is 2.43. The average Bonchev–Trinajstić information content (AvgIpc) is 3.02. The summed E-state index contributed by atoms with van der Waals surface area (Å²) in [7, 11) is 1.46. The van der Waals surface area contributed by atoms with Gasteiger partial charge < -0.3 is 19.2 Å². The van der Waals surface area contributed by atoms with Crippen LogP contribution in [0, 0.1) is 0 Å². The first kappa shape index (κ1) is 20.5. The second-order valence-electron chi connectivity index (χ2n) is 7.33. The molecule has 156 valence electrons. The number of methoxy groups -OCH3 is 1. The van der Waals surface area contributed by atoms with Gasteiger partial charge in [-0.05, 0) is 52.2 Å². The average molecular weight is 472 g/mol. The van der Waals surface area contributed by atoms with Gasteiger partial charge in [-0.15, -0.1) is 0 Å². The van der Waals surface area contributed by atoms with Gasteiger partial charge in [-0.25, -0.2) is 0 Å². The van der Waals surface area contributed by atoms with Crippen molar-refractivity contribution in [1.29, 1.82) is 0 Å². The van der Waals surface area contributed by atoms with Crippen LogP contribution in [0.25, 0.3) is 11.0 Å². The molecule has 2 heterocycles. The Hall–Kier alpha value is -2.80. The largest absolute Gasteiger partial charge is 0.503 e. The predicted octanol–water partition coefficient (Wildman–Crippen LogP) is 5.01. The Labute approximate surface area is 182 Å². The Morgan fingerprint density at radius 3 is 2.70 bits per heavy atom. The Bertz CT molecular complexity index is 1190. The fourth-order valence-electron chi connectivity index (χ4n) is 3.98. The van der Waals surface area contributed by atoms with E-state index in [1.54, 1.807) is 41.3 Å². The molecule has 4 rings (SSSR count). The fourth-order valence-corrected chi connectivity index (χ4v) is 4.44. The minimum atomic E-state index is -0.615. The molecule has 0 aliphatic carbocycles. The third-order valence-electron chi connectivity index (χ3n) is 5.46. The van der Waals surface area contributed by atoms with Crippen molar-refractivity contribution >= 4 is 32.8 Å². The molecule has 1 atom stereocenters. The summed E-state index contributed by atoms with van der Waals surface area (Å²) in [6, 6.07) is 9.71. The molecule has 1 aliphatic heterocycles. The van der Waals surface area contributed by atoms with Gasteiger partial charge in [0.05, 0.1) is 28.6 Å². The molecule has 1 N–H and O–H groups in total. The number of aromatic hydroxyl groups is 1. The van der Waals surface area contributed by atoms with Crippen LogP contribution in [-0.4, -0.2) is 29.6 Å². The second-order valence-corrected chi connectivity index (χ2v) is 8.19. The zero-order valence-electron chi connectivity index (χ0n) is 16.8. The Kier molecular flexibility index (Phi) is 5.56. The summed E-state index contributed by atoms with van der Waals surface area (Å²) in [4.78, 5) is 28.4. The Morgan fingerprint density at radius 1 is 1.20 bits per heavy atom. The zero-order valence-corrected chi connectivity index (χ0v) is 18.4. The van der Waals surface area contributed by atoms with Gasteiger partial charge in [-0.2, -0.15) is 0 Å². The van der Waals surface area contributed by atoms with E-state index >= 15 is 0 Å². The van der Waals surface area contributed by atoms with Gasteiger partial charge in [-0.1, -0.05) is 31.9 Å². The number of para-hydroxylation sites is 1. The molecule has 6 nitrogen and oxygen atoms in total. The molecule has 0 fully saturated rings. The molecule has 1 amide bonds. The number of hydrogen-bond donors (Lipinski definition) is 1. The highest BCUT2D eigenvalue weighted by Gasteiger charge is 2.42. The zero-order chi connectivity index (χ0) is 21.4. The Morgan fingerprint density at radius 2 is 1.97 bits per heavy atom. The molecule has 0 spiro atoms. The number of rotatable bonds is 6. The van der Waals surface area contributed by atoms with E-state index in [1.165, 1.54) is 7.11 Å². The standard InChI is InChI=1S/C23H22BrNO5/c1-3-4-7-10-25-19(13-11-15(24)21(27)17(12-13)29-2)18-20(26)14-8-5-6-9-16(14)30-22(18)23(25)28/h5-6,8-9,11-12,19,27H,3-4,7,10H2,1-2H3. The summed E-state index contributed by atoms with van der Waals surface area (Å²) in [6.45, 7) is 2.59. The highest BCUT2D eigenvalue weighted by atomic mass is 79.9. The van der Waals surface area contributed by atoms with Crippen LogP contribution < -0.4 is 10.2 Å². The van der Waals surface area contributed by atoms with Crippen molar-refractivity contribution in [3.63, 3.8) is 0 Å². The first-order chi connectivity index (χ1) is 14.5. The third kappa shape index (κ3) is 3.27. The van der Waals surface area contributed by atoms with Gasteiger partial charge in [0.15, 0.2) is 16.9 Å². The Balaban J connectivity index is 1.95. The summed E-state index contributed by atoms with van der Waals surface area (Å²) in [6.07, 6.45) is 2.80. The predicted molar refractivity (Wildman–Crippen MR) is 117 cm³/mol. The smallest absolute Gasteiger partial charge is 0.290 e. The van der Waals surface area contributed by atoms with Crippen LogP contribution in [0.2, 0.25) is 0 Å². The maximum atomic E-state index is 13.4. The molecule has 1 aliphatic rings. The summed E-state index contributed by atoms with van der Waals surface area (Å²) in [5.41, 5.74) is 1.18. The van der Waals surface area contributed by atoms with E-state index in [0.717, 1.165) is 19.3 Å². The second kappa shape index (κ2) is 8.14. The minimum absolute atomic E-state index is 0.0334. The van der Waals surface area contributed by atoms with Crippen LogP contribution >= 0.6 is 15.9 Å². The van der Waals surface area contributed by atoms with E-state index < -0.39 is 6.04 Å².